The molecule has 0 saturated carbocycles. The Morgan fingerprint density at radius 3 is 2.04 bits per heavy atom. The van der Waals surface area contributed by atoms with E-state index in [1.807, 2.05) is 12.4 Å². The van der Waals surface area contributed by atoms with Gasteiger partial charge in [-0.15, -0.1) is 0 Å². The second-order valence-electron chi connectivity index (χ2n) is 6.04. The summed E-state index contributed by atoms with van der Waals surface area (Å²) in [6.07, 6.45) is 7.19. The van der Waals surface area contributed by atoms with Gasteiger partial charge >= 0.3 is 0 Å². The van der Waals surface area contributed by atoms with Gasteiger partial charge in [0.15, 0.2) is 5.82 Å². The molecule has 0 bridgehead atoms. The maximum Gasteiger partial charge on any atom is 0.248 e. The number of primary amides is 1. The molecule has 0 unspecified atom stereocenters. The van der Waals surface area contributed by atoms with E-state index in [0.717, 1.165) is 23.1 Å². The molecule has 2 aromatic carbocycles. The molecule has 1 amide bonds. The monoisotopic (exact) mass is 331 g/mol. The van der Waals surface area contributed by atoms with Crippen LogP contribution >= 0.6 is 0 Å². The first-order valence-corrected chi connectivity index (χ1v) is 8.49. The van der Waals surface area contributed by atoms with Gasteiger partial charge in [-0.25, -0.2) is 9.97 Å². The molecule has 0 radical (unpaired) electrons. The summed E-state index contributed by atoms with van der Waals surface area (Å²) in [4.78, 5) is 20.0. The molecule has 0 saturated heterocycles. The molecule has 0 fully saturated rings. The summed E-state index contributed by atoms with van der Waals surface area (Å²) >= 11 is 0. The highest BCUT2D eigenvalue weighted by atomic mass is 16.1. The molecule has 0 aliphatic carbocycles. The van der Waals surface area contributed by atoms with Gasteiger partial charge < -0.3 is 5.73 Å². The summed E-state index contributed by atoms with van der Waals surface area (Å²) in [7, 11) is 0. The Morgan fingerprint density at radius 2 is 1.48 bits per heavy atom. The number of nitrogens with two attached hydrogens (primary N) is 1. The van der Waals surface area contributed by atoms with Crippen LogP contribution < -0.4 is 5.73 Å². The SMILES string of the molecule is CCCCc1ccc(-c2cnc(-c3ccc(C(N)=O)cc3)nc2)cc1. The van der Waals surface area contributed by atoms with Crippen LogP contribution in [0.2, 0.25) is 0 Å². The number of benzene rings is 2. The van der Waals surface area contributed by atoms with Crippen LogP contribution in [0.4, 0.5) is 0 Å². The molecule has 1 aromatic heterocycles. The number of unbranched alkanes of at least 4 members (excludes halogenated alkanes) is 1. The largest absolute Gasteiger partial charge is 0.366 e. The zero-order chi connectivity index (χ0) is 17.6. The minimum Gasteiger partial charge on any atom is -0.366 e. The molecule has 0 aliphatic heterocycles. The zero-order valence-corrected chi connectivity index (χ0v) is 14.3. The van der Waals surface area contributed by atoms with Gasteiger partial charge in [-0.3, -0.25) is 4.79 Å². The molecule has 0 spiro atoms. The van der Waals surface area contributed by atoms with Crippen molar-refractivity contribution in [2.45, 2.75) is 26.2 Å². The molecule has 0 aliphatic rings. The van der Waals surface area contributed by atoms with E-state index in [0.29, 0.717) is 11.4 Å². The van der Waals surface area contributed by atoms with Crippen molar-refractivity contribution in [2.75, 3.05) is 0 Å². The van der Waals surface area contributed by atoms with Gasteiger partial charge in [0.1, 0.15) is 0 Å². The second-order valence-corrected chi connectivity index (χ2v) is 6.04. The van der Waals surface area contributed by atoms with Gasteiger partial charge in [0.2, 0.25) is 5.91 Å². The van der Waals surface area contributed by atoms with E-state index in [1.54, 1.807) is 24.3 Å². The number of aromatic nitrogens is 2. The van der Waals surface area contributed by atoms with Crippen molar-refractivity contribution in [2.24, 2.45) is 5.73 Å². The van der Waals surface area contributed by atoms with E-state index < -0.39 is 5.91 Å². The molecule has 3 aromatic rings. The number of hydrogen-bond acceptors (Lipinski definition) is 3. The maximum atomic E-state index is 11.1. The first-order valence-electron chi connectivity index (χ1n) is 8.49. The summed E-state index contributed by atoms with van der Waals surface area (Å²) in [5, 5.41) is 0. The summed E-state index contributed by atoms with van der Waals surface area (Å²) in [5.41, 5.74) is 10.0. The number of carbonyl (C=O) groups is 1. The number of carbonyl (C=O) groups excluding carboxylic acids is 1. The van der Waals surface area contributed by atoms with Gasteiger partial charge in [0.05, 0.1) is 0 Å². The summed E-state index contributed by atoms with van der Waals surface area (Å²) in [5.74, 6) is 0.185. The van der Waals surface area contributed by atoms with Crippen molar-refractivity contribution in [1.82, 2.24) is 9.97 Å². The van der Waals surface area contributed by atoms with E-state index >= 15 is 0 Å². The highest BCUT2D eigenvalue weighted by molar-refractivity contribution is 5.93. The highest BCUT2D eigenvalue weighted by Crippen LogP contribution is 2.21. The Labute approximate surface area is 147 Å². The Bertz CT molecular complexity index is 838. The summed E-state index contributed by atoms with van der Waals surface area (Å²) < 4.78 is 0. The quantitative estimate of drug-likeness (QED) is 0.734. The Balaban J connectivity index is 1.76. The Kier molecular flexibility index (Phi) is 5.19. The van der Waals surface area contributed by atoms with Crippen LogP contribution in [0.5, 0.6) is 0 Å². The predicted octanol–water partition coefficient (Wildman–Crippen LogP) is 4.25. The third kappa shape index (κ3) is 4.10. The van der Waals surface area contributed by atoms with Crippen LogP contribution in [0.25, 0.3) is 22.5 Å². The number of aryl methyl sites for hydroxylation is 1. The fraction of sp³-hybridized carbons (Fsp3) is 0.190. The lowest BCUT2D eigenvalue weighted by Crippen LogP contribution is -2.10. The Hall–Kier alpha value is -3.01. The number of hydrogen-bond donors (Lipinski definition) is 1. The van der Waals surface area contributed by atoms with E-state index in [1.165, 1.54) is 18.4 Å². The minimum absolute atomic E-state index is 0.440. The molecular formula is C21H21N3O. The normalized spacial score (nSPS) is 10.6. The van der Waals surface area contributed by atoms with Crippen molar-refractivity contribution in [3.63, 3.8) is 0 Å². The molecule has 0 atom stereocenters. The van der Waals surface area contributed by atoms with Crippen molar-refractivity contribution < 1.29 is 4.79 Å². The van der Waals surface area contributed by atoms with Crippen molar-refractivity contribution >= 4 is 5.91 Å². The molecule has 1 heterocycles. The van der Waals surface area contributed by atoms with Crippen LogP contribution in [0, 0.1) is 0 Å². The van der Waals surface area contributed by atoms with Crippen molar-refractivity contribution in [1.29, 1.82) is 0 Å². The number of rotatable bonds is 6. The maximum absolute atomic E-state index is 11.1. The van der Waals surface area contributed by atoms with Crippen LogP contribution in [0.15, 0.2) is 60.9 Å². The van der Waals surface area contributed by atoms with Crippen LogP contribution in [0.1, 0.15) is 35.7 Å². The molecular weight excluding hydrogens is 310 g/mol. The van der Waals surface area contributed by atoms with Gasteiger partial charge in [-0.05, 0) is 36.1 Å². The lowest BCUT2D eigenvalue weighted by atomic mass is 10.0. The number of amides is 1. The topological polar surface area (TPSA) is 68.9 Å². The lowest BCUT2D eigenvalue weighted by molar-refractivity contribution is 0.100. The summed E-state index contributed by atoms with van der Waals surface area (Å²) in [6.45, 7) is 2.20. The molecule has 126 valence electrons. The Morgan fingerprint density at radius 1 is 0.880 bits per heavy atom. The van der Waals surface area contributed by atoms with E-state index in [2.05, 4.69) is 41.2 Å². The third-order valence-corrected chi connectivity index (χ3v) is 4.19. The van der Waals surface area contributed by atoms with Gasteiger partial charge in [-0.2, -0.15) is 0 Å². The second kappa shape index (κ2) is 7.71. The predicted molar refractivity (Wildman–Crippen MR) is 100 cm³/mol. The van der Waals surface area contributed by atoms with Crippen LogP contribution in [0.3, 0.4) is 0 Å². The lowest BCUT2D eigenvalue weighted by Gasteiger charge is -2.05. The smallest absolute Gasteiger partial charge is 0.248 e. The molecule has 4 heteroatoms. The fourth-order valence-corrected chi connectivity index (χ4v) is 2.65. The van der Waals surface area contributed by atoms with Crippen molar-refractivity contribution in [3.05, 3.63) is 72.1 Å². The average Bonchev–Trinajstić information content (AvgIpc) is 2.67. The average molecular weight is 331 g/mol. The van der Waals surface area contributed by atoms with Gasteiger partial charge in [0.25, 0.3) is 0 Å². The van der Waals surface area contributed by atoms with Crippen LogP contribution in [-0.2, 0) is 6.42 Å². The van der Waals surface area contributed by atoms with E-state index in [4.69, 9.17) is 5.73 Å². The first kappa shape index (κ1) is 16.8. The number of nitrogens with zero attached hydrogens (tertiary/aromatic N) is 2. The summed E-state index contributed by atoms with van der Waals surface area (Å²) in [6, 6.07) is 15.5. The van der Waals surface area contributed by atoms with E-state index in [-0.39, 0.29) is 0 Å². The molecule has 2 N–H and O–H groups in total. The van der Waals surface area contributed by atoms with Gasteiger partial charge in [0, 0.05) is 29.1 Å². The fourth-order valence-electron chi connectivity index (χ4n) is 2.65. The highest BCUT2D eigenvalue weighted by Gasteiger charge is 2.05. The van der Waals surface area contributed by atoms with Crippen LogP contribution in [-0.4, -0.2) is 15.9 Å². The molecule has 3 rings (SSSR count). The standard InChI is InChI=1S/C21H21N3O/c1-2-3-4-15-5-7-16(8-6-15)19-13-23-21(24-14-19)18-11-9-17(10-12-18)20(22)25/h5-14H,2-4H2,1H3,(H2,22,25). The first-order chi connectivity index (χ1) is 12.2. The molecule has 4 nitrogen and oxygen atoms in total. The van der Waals surface area contributed by atoms with Crippen molar-refractivity contribution in [3.8, 4) is 22.5 Å². The third-order valence-electron chi connectivity index (χ3n) is 4.19. The van der Waals surface area contributed by atoms with E-state index in [9.17, 15) is 4.79 Å². The van der Waals surface area contributed by atoms with Gasteiger partial charge in [-0.1, -0.05) is 49.7 Å². The zero-order valence-electron chi connectivity index (χ0n) is 14.3. The minimum atomic E-state index is -0.440. The molecule has 25 heavy (non-hydrogen) atoms.